The molecule has 0 spiro atoms. The maximum atomic E-state index is 11.4. The van der Waals surface area contributed by atoms with Crippen molar-refractivity contribution in [1.82, 2.24) is 4.98 Å². The van der Waals surface area contributed by atoms with E-state index >= 15 is 0 Å². The van der Waals surface area contributed by atoms with Crippen molar-refractivity contribution >= 4 is 22.3 Å². The van der Waals surface area contributed by atoms with E-state index < -0.39 is 11.0 Å². The highest BCUT2D eigenvalue weighted by Gasteiger charge is 2.20. The van der Waals surface area contributed by atoms with E-state index in [1.165, 1.54) is 6.20 Å². The number of nitrogens with one attached hydrogen (secondary N) is 1. The van der Waals surface area contributed by atoms with Crippen LogP contribution in [0.3, 0.4) is 0 Å². The van der Waals surface area contributed by atoms with Crippen molar-refractivity contribution in [3.63, 3.8) is 0 Å². The third-order valence-corrected chi connectivity index (χ3v) is 3.95. The average molecular weight is 383 g/mol. The third kappa shape index (κ3) is 5.48. The van der Waals surface area contributed by atoms with Gasteiger partial charge in [-0.3, -0.25) is 10.1 Å². The van der Waals surface area contributed by atoms with Crippen molar-refractivity contribution in [2.45, 2.75) is 26.5 Å². The fourth-order valence-electron chi connectivity index (χ4n) is 2.66. The molecule has 0 bridgehead atoms. The molecular weight excluding hydrogens is 358 g/mol. The van der Waals surface area contributed by atoms with Gasteiger partial charge in [0, 0.05) is 5.39 Å². The van der Waals surface area contributed by atoms with Crippen LogP contribution in [0.5, 0.6) is 0 Å². The number of hydrogen-bond acceptors (Lipinski definition) is 6. The molecule has 1 atom stereocenters. The first-order valence-corrected chi connectivity index (χ1v) is 9.20. The van der Waals surface area contributed by atoms with Gasteiger partial charge in [-0.1, -0.05) is 62.4 Å². The van der Waals surface area contributed by atoms with E-state index in [2.05, 4.69) is 10.3 Å². The summed E-state index contributed by atoms with van der Waals surface area (Å²) in [5.41, 5.74) is 1.86. The summed E-state index contributed by atoms with van der Waals surface area (Å²) in [6.45, 7) is 4.39. The second kappa shape index (κ2) is 11.0. The summed E-state index contributed by atoms with van der Waals surface area (Å²) in [4.78, 5) is 15.0. The summed E-state index contributed by atoms with van der Waals surface area (Å²) in [6.07, 6.45) is 1.23. The van der Waals surface area contributed by atoms with Crippen LogP contribution in [-0.2, 0) is 11.3 Å². The average Bonchev–Trinajstić information content (AvgIpc) is 2.75. The van der Waals surface area contributed by atoms with E-state index in [0.29, 0.717) is 23.2 Å². The lowest BCUT2D eigenvalue weighted by molar-refractivity contribution is -0.384. The SMILES string of the molecule is CC.O=[N+]([O-])c1cnc2ccccc2c1N[C@H](CO)COCc1ccccc1. The Morgan fingerprint density at radius 3 is 2.50 bits per heavy atom. The molecule has 0 unspecified atom stereocenters. The molecule has 0 aliphatic heterocycles. The fraction of sp³-hybridized carbons (Fsp3) is 0.286. The van der Waals surface area contributed by atoms with Gasteiger partial charge in [0.1, 0.15) is 11.9 Å². The highest BCUT2D eigenvalue weighted by molar-refractivity contribution is 5.95. The van der Waals surface area contributed by atoms with Gasteiger partial charge < -0.3 is 15.2 Å². The number of hydrogen-bond donors (Lipinski definition) is 2. The lowest BCUT2D eigenvalue weighted by Crippen LogP contribution is -2.29. The minimum Gasteiger partial charge on any atom is -0.394 e. The molecule has 0 aliphatic rings. The summed E-state index contributed by atoms with van der Waals surface area (Å²) in [5, 5.41) is 24.7. The summed E-state index contributed by atoms with van der Waals surface area (Å²) < 4.78 is 5.65. The van der Waals surface area contributed by atoms with Gasteiger partial charge in [-0.15, -0.1) is 0 Å². The van der Waals surface area contributed by atoms with Crippen LogP contribution in [0.2, 0.25) is 0 Å². The number of aromatic nitrogens is 1. The van der Waals surface area contributed by atoms with Crippen LogP contribution in [-0.4, -0.2) is 34.3 Å². The first-order valence-electron chi connectivity index (χ1n) is 9.20. The second-order valence-corrected chi connectivity index (χ2v) is 5.82. The maximum absolute atomic E-state index is 11.4. The Labute approximate surface area is 164 Å². The minimum atomic E-state index is -0.485. The van der Waals surface area contributed by atoms with Gasteiger partial charge in [-0.25, -0.2) is 4.98 Å². The number of benzene rings is 2. The molecule has 2 aromatic carbocycles. The first-order chi connectivity index (χ1) is 13.7. The van der Waals surface area contributed by atoms with E-state index in [9.17, 15) is 15.2 Å². The number of pyridine rings is 1. The van der Waals surface area contributed by atoms with Crippen molar-refractivity contribution < 1.29 is 14.8 Å². The molecule has 3 rings (SSSR count). The number of nitro groups is 1. The van der Waals surface area contributed by atoms with Crippen LogP contribution in [0, 0.1) is 10.1 Å². The van der Waals surface area contributed by atoms with Crippen LogP contribution >= 0.6 is 0 Å². The molecule has 0 saturated carbocycles. The molecule has 0 amide bonds. The molecule has 148 valence electrons. The van der Waals surface area contributed by atoms with E-state index in [0.717, 1.165) is 5.56 Å². The van der Waals surface area contributed by atoms with Crippen LogP contribution in [0.15, 0.2) is 60.8 Å². The zero-order valence-electron chi connectivity index (χ0n) is 16.0. The quantitative estimate of drug-likeness (QED) is 0.448. The molecule has 0 saturated heterocycles. The van der Waals surface area contributed by atoms with Crippen molar-refractivity contribution in [2.24, 2.45) is 0 Å². The number of fused-ring (bicyclic) bond motifs is 1. The summed E-state index contributed by atoms with van der Waals surface area (Å²) in [7, 11) is 0. The number of aliphatic hydroxyl groups excluding tert-OH is 1. The van der Waals surface area contributed by atoms with Crippen LogP contribution in [0.25, 0.3) is 10.9 Å². The predicted molar refractivity (Wildman–Crippen MR) is 110 cm³/mol. The predicted octanol–water partition coefficient (Wildman–Crippen LogP) is 4.16. The molecule has 1 aromatic heterocycles. The van der Waals surface area contributed by atoms with Gasteiger partial charge >= 0.3 is 5.69 Å². The molecule has 1 heterocycles. The maximum Gasteiger partial charge on any atom is 0.311 e. The molecule has 7 nitrogen and oxygen atoms in total. The Morgan fingerprint density at radius 2 is 1.82 bits per heavy atom. The summed E-state index contributed by atoms with van der Waals surface area (Å²) in [5.74, 6) is 0. The van der Waals surface area contributed by atoms with Crippen LogP contribution < -0.4 is 5.32 Å². The Morgan fingerprint density at radius 1 is 1.14 bits per heavy atom. The van der Waals surface area contributed by atoms with Crippen molar-refractivity contribution in [1.29, 1.82) is 0 Å². The van der Waals surface area contributed by atoms with E-state index in [1.807, 2.05) is 50.2 Å². The molecule has 28 heavy (non-hydrogen) atoms. The first kappa shape index (κ1) is 21.3. The fourth-order valence-corrected chi connectivity index (χ4v) is 2.66. The number of anilines is 1. The molecule has 7 heteroatoms. The molecule has 3 aromatic rings. The Hall–Kier alpha value is -3.03. The lowest BCUT2D eigenvalue weighted by atomic mass is 10.1. The Bertz CT molecular complexity index is 887. The highest BCUT2D eigenvalue weighted by Crippen LogP contribution is 2.31. The second-order valence-electron chi connectivity index (χ2n) is 5.82. The van der Waals surface area contributed by atoms with Crippen molar-refractivity contribution in [2.75, 3.05) is 18.5 Å². The van der Waals surface area contributed by atoms with E-state index in [1.54, 1.807) is 18.2 Å². The molecule has 2 N–H and O–H groups in total. The normalized spacial score (nSPS) is 11.4. The highest BCUT2D eigenvalue weighted by atomic mass is 16.6. The van der Waals surface area contributed by atoms with Gasteiger partial charge in [0.05, 0.1) is 36.3 Å². The topological polar surface area (TPSA) is 97.5 Å². The number of ether oxygens (including phenoxy) is 1. The van der Waals surface area contributed by atoms with Gasteiger partial charge in [-0.2, -0.15) is 0 Å². The van der Waals surface area contributed by atoms with Gasteiger partial charge in [0.25, 0.3) is 0 Å². The van der Waals surface area contributed by atoms with Gasteiger partial charge in [0.15, 0.2) is 0 Å². The lowest BCUT2D eigenvalue weighted by Gasteiger charge is -2.19. The van der Waals surface area contributed by atoms with Crippen molar-refractivity contribution in [3.05, 3.63) is 76.5 Å². The third-order valence-electron chi connectivity index (χ3n) is 3.95. The van der Waals surface area contributed by atoms with E-state index in [4.69, 9.17) is 4.74 Å². The largest absolute Gasteiger partial charge is 0.394 e. The number of nitrogens with zero attached hydrogens (tertiary/aromatic N) is 2. The molecule has 0 radical (unpaired) electrons. The number of para-hydroxylation sites is 1. The molecule has 0 fully saturated rings. The minimum absolute atomic E-state index is 0.134. The number of rotatable bonds is 8. The van der Waals surface area contributed by atoms with Crippen LogP contribution in [0.1, 0.15) is 19.4 Å². The van der Waals surface area contributed by atoms with Crippen LogP contribution in [0.4, 0.5) is 11.4 Å². The monoisotopic (exact) mass is 383 g/mol. The smallest absolute Gasteiger partial charge is 0.311 e. The van der Waals surface area contributed by atoms with Gasteiger partial charge in [0.2, 0.25) is 0 Å². The zero-order valence-corrected chi connectivity index (χ0v) is 16.0. The van der Waals surface area contributed by atoms with E-state index in [-0.39, 0.29) is 18.9 Å². The Balaban J connectivity index is 0.00000136. The van der Waals surface area contributed by atoms with Crippen molar-refractivity contribution in [3.8, 4) is 0 Å². The summed E-state index contributed by atoms with van der Waals surface area (Å²) in [6, 6.07) is 16.3. The number of aliphatic hydroxyl groups is 1. The zero-order chi connectivity index (χ0) is 20.4. The molecule has 0 aliphatic carbocycles. The molecular formula is C21H25N3O4. The van der Waals surface area contributed by atoms with Gasteiger partial charge in [-0.05, 0) is 11.6 Å². The summed E-state index contributed by atoms with van der Waals surface area (Å²) >= 11 is 0. The standard InChI is InChI=1S/C19H19N3O4.C2H6/c23-11-15(13-26-12-14-6-2-1-3-7-14)21-19-16-8-4-5-9-17(16)20-10-18(19)22(24)25;1-2/h1-10,15,23H,11-13H2,(H,20,21);1-2H3/t15-;/m1./s1. The Kier molecular flexibility index (Phi) is 8.33.